The van der Waals surface area contributed by atoms with Crippen LogP contribution in [-0.2, 0) is 29.7 Å². The van der Waals surface area contributed by atoms with E-state index in [0.717, 1.165) is 11.1 Å². The molecule has 5 amide bonds. The van der Waals surface area contributed by atoms with Gasteiger partial charge in [-0.15, -0.1) is 0 Å². The van der Waals surface area contributed by atoms with Crippen LogP contribution in [0.15, 0.2) is 30.4 Å². The van der Waals surface area contributed by atoms with E-state index in [-0.39, 0.29) is 36.0 Å². The number of carbonyl (C=O) groups excluding carboxylic acids is 5. The molecule has 9 nitrogen and oxygen atoms in total. The second-order valence-corrected chi connectivity index (χ2v) is 9.60. The molecule has 0 aromatic heterocycles. The largest absolute Gasteiger partial charge is 0.344 e. The molecule has 2 atom stereocenters. The van der Waals surface area contributed by atoms with Gasteiger partial charge >= 0.3 is 0 Å². The fourth-order valence-corrected chi connectivity index (χ4v) is 3.94. The number of carbonyl (C=O) groups is 5. The van der Waals surface area contributed by atoms with Crippen LogP contribution in [0.5, 0.6) is 0 Å². The van der Waals surface area contributed by atoms with E-state index in [1.54, 1.807) is 6.92 Å². The van der Waals surface area contributed by atoms with E-state index in [1.165, 1.54) is 17.1 Å². The Hall–Kier alpha value is -3.14. The number of benzene rings is 1. The van der Waals surface area contributed by atoms with Gasteiger partial charge in [-0.1, -0.05) is 32.4 Å². The van der Waals surface area contributed by atoms with Gasteiger partial charge in [0.05, 0.1) is 0 Å². The van der Waals surface area contributed by atoms with Crippen molar-refractivity contribution in [2.75, 3.05) is 11.9 Å². The van der Waals surface area contributed by atoms with Crippen LogP contribution in [-0.4, -0.2) is 53.1 Å². The number of thiol groups is 1. The predicted octanol–water partition coefficient (Wildman–Crippen LogP) is 2.49. The summed E-state index contributed by atoms with van der Waals surface area (Å²) >= 11 is 4.25. The number of anilines is 1. The highest BCUT2D eigenvalue weighted by atomic mass is 32.1. The Morgan fingerprint density at radius 3 is 2.19 bits per heavy atom. The molecular formula is C26H36N4O5S. The number of hydrogen-bond donors (Lipinski definition) is 4. The minimum atomic E-state index is -0.801. The molecule has 10 heteroatoms. The van der Waals surface area contributed by atoms with Gasteiger partial charge in [-0.3, -0.25) is 28.9 Å². The first-order valence-electron chi connectivity index (χ1n) is 12.2. The number of unbranched alkanes of at least 4 members (excludes halogenated alkanes) is 2. The summed E-state index contributed by atoms with van der Waals surface area (Å²) in [5.41, 5.74) is 2.60. The molecular weight excluding hydrogens is 480 g/mol. The lowest BCUT2D eigenvalue weighted by Crippen LogP contribution is -2.53. The van der Waals surface area contributed by atoms with Crippen LogP contribution in [0.2, 0.25) is 0 Å². The third-order valence-electron chi connectivity index (χ3n) is 5.94. The summed E-state index contributed by atoms with van der Waals surface area (Å²) < 4.78 is 0. The highest BCUT2D eigenvalue weighted by molar-refractivity contribution is 7.79. The Morgan fingerprint density at radius 1 is 0.944 bits per heavy atom. The summed E-state index contributed by atoms with van der Waals surface area (Å²) in [5, 5.41) is 8.28. The number of nitrogens with one attached hydrogen (secondary N) is 3. The summed E-state index contributed by atoms with van der Waals surface area (Å²) in [6.45, 7) is 7.44. The molecule has 2 rings (SSSR count). The first-order valence-corrected chi connectivity index (χ1v) is 12.8. The van der Waals surface area contributed by atoms with Crippen LogP contribution in [0.3, 0.4) is 0 Å². The Bertz CT molecular complexity index is 1010. The van der Waals surface area contributed by atoms with Crippen molar-refractivity contribution in [1.82, 2.24) is 15.5 Å². The van der Waals surface area contributed by atoms with E-state index in [0.29, 0.717) is 37.2 Å². The van der Waals surface area contributed by atoms with Gasteiger partial charge in [-0.05, 0) is 49.8 Å². The molecule has 36 heavy (non-hydrogen) atoms. The Kier molecular flexibility index (Phi) is 11.2. The smallest absolute Gasteiger partial charge is 0.253 e. The zero-order valence-electron chi connectivity index (χ0n) is 21.3. The van der Waals surface area contributed by atoms with Crippen LogP contribution in [0, 0.1) is 12.8 Å². The second kappa shape index (κ2) is 13.8. The molecule has 0 spiro atoms. The molecule has 1 heterocycles. The normalized spacial score (nSPS) is 14.7. The first kappa shape index (κ1) is 29.1. The second-order valence-electron chi connectivity index (χ2n) is 9.29. The average Bonchev–Trinajstić information content (AvgIpc) is 3.15. The van der Waals surface area contributed by atoms with Gasteiger partial charge in [0.25, 0.3) is 11.8 Å². The van der Waals surface area contributed by atoms with E-state index >= 15 is 0 Å². The fourth-order valence-electron chi connectivity index (χ4n) is 3.74. The number of nitrogens with zero attached hydrogens (tertiary/aromatic N) is 1. The third-order valence-corrected chi connectivity index (χ3v) is 6.30. The molecule has 0 bridgehead atoms. The summed E-state index contributed by atoms with van der Waals surface area (Å²) in [7, 11) is 0. The minimum Gasteiger partial charge on any atom is -0.344 e. The molecule has 3 N–H and O–H groups in total. The molecule has 1 aromatic carbocycles. The van der Waals surface area contributed by atoms with Gasteiger partial charge in [0.2, 0.25) is 17.7 Å². The van der Waals surface area contributed by atoms with E-state index in [2.05, 4.69) is 28.6 Å². The number of hydrogen-bond acceptors (Lipinski definition) is 6. The standard InChI is InChI=1S/C26H36N4O5S/c1-16(2)24(29-21(31)8-6-5-7-13-30-22(32)11-12-23(30)33)26(35)27-18(4)25(34)28-20-10-9-19(15-36)14-17(20)3/h9-12,14,16,18,24,36H,5-8,13,15H2,1-4H3,(H,27,35)(H,28,34)(H,29,31)/t18-,24-/m0/s1. The van der Waals surface area contributed by atoms with Crippen molar-refractivity contribution >= 4 is 47.9 Å². The van der Waals surface area contributed by atoms with E-state index in [1.807, 2.05) is 39.0 Å². The molecule has 0 unspecified atom stereocenters. The van der Waals surface area contributed by atoms with Crippen molar-refractivity contribution in [3.63, 3.8) is 0 Å². The predicted molar refractivity (Wildman–Crippen MR) is 141 cm³/mol. The topological polar surface area (TPSA) is 125 Å². The van der Waals surface area contributed by atoms with Crippen LogP contribution < -0.4 is 16.0 Å². The van der Waals surface area contributed by atoms with Gasteiger partial charge in [-0.25, -0.2) is 0 Å². The van der Waals surface area contributed by atoms with E-state index < -0.39 is 18.0 Å². The van der Waals surface area contributed by atoms with Gasteiger partial charge in [0.15, 0.2) is 0 Å². The molecule has 196 valence electrons. The lowest BCUT2D eigenvalue weighted by atomic mass is 10.0. The molecule has 0 saturated carbocycles. The van der Waals surface area contributed by atoms with Gasteiger partial charge < -0.3 is 16.0 Å². The van der Waals surface area contributed by atoms with E-state index in [9.17, 15) is 24.0 Å². The maximum Gasteiger partial charge on any atom is 0.253 e. The van der Waals surface area contributed by atoms with Crippen molar-refractivity contribution in [3.05, 3.63) is 41.5 Å². The maximum atomic E-state index is 12.8. The zero-order chi connectivity index (χ0) is 26.8. The summed E-state index contributed by atoms with van der Waals surface area (Å²) in [5.74, 6) is -1.26. The molecule has 0 radical (unpaired) electrons. The highest BCUT2D eigenvalue weighted by Crippen LogP contribution is 2.18. The Labute approximate surface area is 217 Å². The van der Waals surface area contributed by atoms with Crippen LogP contribution in [0.1, 0.15) is 57.6 Å². The van der Waals surface area contributed by atoms with Crippen LogP contribution >= 0.6 is 12.6 Å². The Morgan fingerprint density at radius 2 is 1.61 bits per heavy atom. The highest BCUT2D eigenvalue weighted by Gasteiger charge is 2.27. The number of aryl methyl sites for hydroxylation is 1. The fraction of sp³-hybridized carbons (Fsp3) is 0.500. The lowest BCUT2D eigenvalue weighted by molar-refractivity contribution is -0.137. The zero-order valence-corrected chi connectivity index (χ0v) is 22.2. The van der Waals surface area contributed by atoms with Crippen molar-refractivity contribution in [2.45, 2.75) is 71.2 Å². The monoisotopic (exact) mass is 516 g/mol. The van der Waals surface area contributed by atoms with Gasteiger partial charge in [-0.2, -0.15) is 12.6 Å². The first-order chi connectivity index (χ1) is 17.0. The molecule has 1 aromatic rings. The third kappa shape index (κ3) is 8.51. The molecule has 1 aliphatic heterocycles. The SMILES string of the molecule is Cc1cc(CS)ccc1NC(=O)[C@H](C)NC(=O)[C@@H](NC(=O)CCCCCN1C(=O)C=CC1=O)C(C)C. The summed E-state index contributed by atoms with van der Waals surface area (Å²) in [4.78, 5) is 62.2. The number of imide groups is 1. The summed E-state index contributed by atoms with van der Waals surface area (Å²) in [6.07, 6.45) is 4.54. The van der Waals surface area contributed by atoms with Gasteiger partial charge in [0, 0.05) is 36.6 Å². The van der Waals surface area contributed by atoms with Crippen molar-refractivity contribution in [2.24, 2.45) is 5.92 Å². The van der Waals surface area contributed by atoms with Crippen LogP contribution in [0.25, 0.3) is 0 Å². The molecule has 0 saturated heterocycles. The van der Waals surface area contributed by atoms with Crippen molar-refractivity contribution in [1.29, 1.82) is 0 Å². The quantitative estimate of drug-likeness (QED) is 0.182. The average molecular weight is 517 g/mol. The van der Waals surface area contributed by atoms with E-state index in [4.69, 9.17) is 0 Å². The van der Waals surface area contributed by atoms with Crippen LogP contribution in [0.4, 0.5) is 5.69 Å². The summed E-state index contributed by atoms with van der Waals surface area (Å²) in [6, 6.07) is 4.05. The lowest BCUT2D eigenvalue weighted by Gasteiger charge is -2.24. The maximum absolute atomic E-state index is 12.8. The molecule has 0 aliphatic carbocycles. The number of rotatable bonds is 13. The van der Waals surface area contributed by atoms with Crippen molar-refractivity contribution < 1.29 is 24.0 Å². The van der Waals surface area contributed by atoms with Gasteiger partial charge in [0.1, 0.15) is 12.1 Å². The molecule has 0 fully saturated rings. The molecule has 1 aliphatic rings. The minimum absolute atomic E-state index is 0.181. The Balaban J connectivity index is 1.78. The van der Waals surface area contributed by atoms with Crippen molar-refractivity contribution in [3.8, 4) is 0 Å². The number of amides is 5.